The summed E-state index contributed by atoms with van der Waals surface area (Å²) in [6, 6.07) is 2.33. The van der Waals surface area contributed by atoms with Crippen molar-refractivity contribution in [3.8, 4) is 6.01 Å². The first kappa shape index (κ1) is 14.0. The molecule has 0 amide bonds. The van der Waals surface area contributed by atoms with Gasteiger partial charge in [-0.2, -0.15) is 15.0 Å². The zero-order chi connectivity index (χ0) is 13.7. The first-order valence-electron chi connectivity index (χ1n) is 5.75. The van der Waals surface area contributed by atoms with Crippen LogP contribution in [0.3, 0.4) is 0 Å². The summed E-state index contributed by atoms with van der Waals surface area (Å²) in [5.74, 6) is 0.967. The fourth-order valence-electron chi connectivity index (χ4n) is 1.35. The highest BCUT2D eigenvalue weighted by Crippen LogP contribution is 2.23. The molecule has 2 aromatic rings. The second-order valence-electron chi connectivity index (χ2n) is 3.49. The number of nitrogens with zero attached hydrogens (tertiary/aromatic N) is 3. The van der Waals surface area contributed by atoms with Crippen LogP contribution < -0.4 is 15.4 Å². The van der Waals surface area contributed by atoms with Gasteiger partial charge in [0.2, 0.25) is 11.9 Å². The quantitative estimate of drug-likeness (QED) is 0.840. The van der Waals surface area contributed by atoms with Crippen molar-refractivity contribution < 1.29 is 4.74 Å². The number of halogens is 1. The van der Waals surface area contributed by atoms with Crippen molar-refractivity contribution >= 4 is 39.2 Å². The van der Waals surface area contributed by atoms with Gasteiger partial charge < -0.3 is 15.4 Å². The van der Waals surface area contributed by atoms with Crippen LogP contribution in [0.2, 0.25) is 0 Å². The molecule has 0 saturated heterocycles. The third-order valence-corrected chi connectivity index (χ3v) is 4.14. The van der Waals surface area contributed by atoms with Gasteiger partial charge in [-0.05, 0) is 34.3 Å². The van der Waals surface area contributed by atoms with Gasteiger partial charge in [-0.3, -0.25) is 0 Å². The van der Waals surface area contributed by atoms with Crippen molar-refractivity contribution in [3.05, 3.63) is 20.8 Å². The van der Waals surface area contributed by atoms with Crippen LogP contribution in [-0.2, 0) is 6.54 Å². The number of aromatic nitrogens is 3. The van der Waals surface area contributed by atoms with Crippen LogP contribution in [0, 0.1) is 0 Å². The maximum absolute atomic E-state index is 5.30. The van der Waals surface area contributed by atoms with E-state index >= 15 is 0 Å². The van der Waals surface area contributed by atoms with Crippen molar-refractivity contribution in [1.29, 1.82) is 0 Å². The van der Waals surface area contributed by atoms with Crippen LogP contribution in [0.5, 0.6) is 6.01 Å². The molecule has 2 aromatic heterocycles. The maximum atomic E-state index is 5.30. The summed E-state index contributed by atoms with van der Waals surface area (Å²) in [6.45, 7) is 3.05. The molecule has 0 radical (unpaired) electrons. The van der Waals surface area contributed by atoms with Gasteiger partial charge in [0.05, 0.1) is 13.2 Å². The van der Waals surface area contributed by atoms with E-state index in [-0.39, 0.29) is 0 Å². The third-order valence-electron chi connectivity index (χ3n) is 2.21. The Kier molecular flexibility index (Phi) is 4.92. The molecule has 0 saturated carbocycles. The van der Waals surface area contributed by atoms with Crippen molar-refractivity contribution in [3.63, 3.8) is 0 Å². The van der Waals surface area contributed by atoms with Crippen molar-refractivity contribution in [2.45, 2.75) is 13.5 Å². The summed E-state index contributed by atoms with van der Waals surface area (Å²) in [4.78, 5) is 13.7. The molecule has 0 spiro atoms. The molecule has 0 bridgehead atoms. The lowest BCUT2D eigenvalue weighted by molar-refractivity contribution is 0.312. The topological polar surface area (TPSA) is 72.0 Å². The Morgan fingerprint density at radius 2 is 2.11 bits per heavy atom. The highest BCUT2D eigenvalue weighted by atomic mass is 79.9. The molecule has 2 rings (SSSR count). The van der Waals surface area contributed by atoms with E-state index in [9.17, 15) is 0 Å². The fraction of sp³-hybridized carbons (Fsp3) is 0.364. The van der Waals surface area contributed by atoms with Gasteiger partial charge in [0.25, 0.3) is 0 Å². The lowest BCUT2D eigenvalue weighted by Crippen LogP contribution is -2.09. The Morgan fingerprint density at radius 1 is 1.32 bits per heavy atom. The van der Waals surface area contributed by atoms with Crippen LogP contribution in [0.1, 0.15) is 11.8 Å². The highest BCUT2D eigenvalue weighted by molar-refractivity contribution is 9.10. The summed E-state index contributed by atoms with van der Waals surface area (Å²) in [5.41, 5.74) is 0. The minimum absolute atomic E-state index is 0.314. The number of rotatable bonds is 6. The molecular weight excluding hydrogens is 330 g/mol. The molecule has 8 heteroatoms. The van der Waals surface area contributed by atoms with Crippen molar-refractivity contribution in [2.75, 3.05) is 24.3 Å². The lowest BCUT2D eigenvalue weighted by atomic mass is 10.5. The molecule has 0 fully saturated rings. The molecule has 2 N–H and O–H groups in total. The van der Waals surface area contributed by atoms with Gasteiger partial charge in [-0.1, -0.05) is 0 Å². The number of nitrogens with one attached hydrogen (secondary N) is 2. The van der Waals surface area contributed by atoms with E-state index in [2.05, 4.69) is 41.5 Å². The van der Waals surface area contributed by atoms with E-state index in [1.54, 1.807) is 18.4 Å². The van der Waals surface area contributed by atoms with Crippen molar-refractivity contribution in [1.82, 2.24) is 15.0 Å². The normalized spacial score (nSPS) is 10.3. The summed E-state index contributed by atoms with van der Waals surface area (Å²) in [5, 5.41) is 8.07. The van der Waals surface area contributed by atoms with Crippen LogP contribution in [0.4, 0.5) is 11.9 Å². The molecule has 0 aliphatic heterocycles. The number of anilines is 2. The molecule has 0 atom stereocenters. The smallest absolute Gasteiger partial charge is 0.323 e. The monoisotopic (exact) mass is 343 g/mol. The highest BCUT2D eigenvalue weighted by Gasteiger charge is 2.07. The summed E-state index contributed by atoms with van der Waals surface area (Å²) in [7, 11) is 1.75. The van der Waals surface area contributed by atoms with Gasteiger partial charge in [0.1, 0.15) is 0 Å². The zero-order valence-corrected chi connectivity index (χ0v) is 13.0. The van der Waals surface area contributed by atoms with Gasteiger partial charge in [-0.15, -0.1) is 11.3 Å². The minimum atomic E-state index is 0.314. The Balaban J connectivity index is 2.10. The fourth-order valence-corrected chi connectivity index (χ4v) is 2.78. The second kappa shape index (κ2) is 6.67. The Bertz CT molecular complexity index is 548. The van der Waals surface area contributed by atoms with Gasteiger partial charge in [0.15, 0.2) is 0 Å². The maximum Gasteiger partial charge on any atom is 0.323 e. The SMILES string of the molecule is CCOc1nc(NC)nc(NCc2sccc2Br)n1. The Hall–Kier alpha value is -1.41. The van der Waals surface area contributed by atoms with Crippen molar-refractivity contribution in [2.24, 2.45) is 0 Å². The van der Waals surface area contributed by atoms with E-state index in [0.29, 0.717) is 31.1 Å². The number of ether oxygens (including phenoxy) is 1. The molecular formula is C11H14BrN5OS. The van der Waals surface area contributed by atoms with E-state index in [4.69, 9.17) is 4.74 Å². The summed E-state index contributed by atoms with van der Waals surface area (Å²) >= 11 is 5.15. The zero-order valence-electron chi connectivity index (χ0n) is 10.6. The molecule has 0 unspecified atom stereocenters. The predicted molar refractivity (Wildman–Crippen MR) is 79.9 cm³/mol. The number of hydrogen-bond acceptors (Lipinski definition) is 7. The van der Waals surface area contributed by atoms with Crippen LogP contribution >= 0.6 is 27.3 Å². The predicted octanol–water partition coefficient (Wildman–Crippen LogP) is 2.75. The first-order valence-corrected chi connectivity index (χ1v) is 7.42. The summed E-state index contributed by atoms with van der Waals surface area (Å²) < 4.78 is 6.38. The first-order chi connectivity index (χ1) is 9.22. The van der Waals surface area contributed by atoms with E-state index in [1.165, 1.54) is 4.88 Å². The van der Waals surface area contributed by atoms with Crippen LogP contribution in [0.15, 0.2) is 15.9 Å². The summed E-state index contributed by atoms with van der Waals surface area (Å²) in [6.07, 6.45) is 0. The van der Waals surface area contributed by atoms with Crippen LogP contribution in [0.25, 0.3) is 0 Å². The largest absolute Gasteiger partial charge is 0.464 e. The molecule has 19 heavy (non-hydrogen) atoms. The van der Waals surface area contributed by atoms with Gasteiger partial charge in [0, 0.05) is 16.4 Å². The number of hydrogen-bond donors (Lipinski definition) is 2. The van der Waals surface area contributed by atoms with E-state index < -0.39 is 0 Å². The molecule has 0 aliphatic carbocycles. The van der Waals surface area contributed by atoms with E-state index in [1.807, 2.05) is 18.4 Å². The molecule has 6 nitrogen and oxygen atoms in total. The second-order valence-corrected chi connectivity index (χ2v) is 5.35. The number of thiophene rings is 1. The van der Waals surface area contributed by atoms with E-state index in [0.717, 1.165) is 4.47 Å². The third kappa shape index (κ3) is 3.77. The van der Waals surface area contributed by atoms with Gasteiger partial charge in [-0.25, -0.2) is 0 Å². The average Bonchev–Trinajstić information content (AvgIpc) is 2.82. The average molecular weight is 344 g/mol. The van der Waals surface area contributed by atoms with Gasteiger partial charge >= 0.3 is 6.01 Å². The Labute approximate surface area is 123 Å². The minimum Gasteiger partial charge on any atom is -0.464 e. The molecule has 102 valence electrons. The Morgan fingerprint density at radius 3 is 2.74 bits per heavy atom. The molecule has 0 aliphatic rings. The molecule has 0 aromatic carbocycles. The standard InChI is InChI=1S/C11H14BrN5OS/c1-3-18-11-16-9(13-2)15-10(17-11)14-6-8-7(12)4-5-19-8/h4-5H,3,6H2,1-2H3,(H2,13,14,15,16,17). The lowest BCUT2D eigenvalue weighted by Gasteiger charge is -2.08. The molecule has 2 heterocycles. The van der Waals surface area contributed by atoms with Crippen LogP contribution in [-0.4, -0.2) is 28.6 Å².